The molecular formula is C12H19N3O3. The molecule has 6 nitrogen and oxygen atoms in total. The molecule has 0 spiro atoms. The summed E-state index contributed by atoms with van der Waals surface area (Å²) in [7, 11) is 0. The molecule has 1 aromatic heterocycles. The van der Waals surface area contributed by atoms with E-state index in [1.165, 1.54) is 12.8 Å². The highest BCUT2D eigenvalue weighted by molar-refractivity contribution is 4.93. The van der Waals surface area contributed by atoms with Gasteiger partial charge in [-0.1, -0.05) is 5.16 Å². The van der Waals surface area contributed by atoms with Gasteiger partial charge in [0.2, 0.25) is 11.7 Å². The van der Waals surface area contributed by atoms with E-state index in [1.54, 1.807) is 0 Å². The zero-order valence-electron chi connectivity index (χ0n) is 10.4. The number of aromatic nitrogens is 2. The quantitative estimate of drug-likeness (QED) is 0.855. The van der Waals surface area contributed by atoms with Crippen molar-refractivity contribution >= 4 is 0 Å². The molecule has 2 aliphatic rings. The normalized spacial score (nSPS) is 26.3. The van der Waals surface area contributed by atoms with Crippen LogP contribution in [0.25, 0.3) is 0 Å². The van der Waals surface area contributed by atoms with E-state index in [9.17, 15) is 0 Å². The van der Waals surface area contributed by atoms with Crippen LogP contribution >= 0.6 is 0 Å². The van der Waals surface area contributed by atoms with Crippen molar-refractivity contribution in [2.75, 3.05) is 32.9 Å². The average Bonchev–Trinajstić information content (AvgIpc) is 2.89. The number of hydrogen-bond donors (Lipinski definition) is 1. The van der Waals surface area contributed by atoms with Gasteiger partial charge in [0.15, 0.2) is 0 Å². The second-order valence-corrected chi connectivity index (χ2v) is 4.88. The van der Waals surface area contributed by atoms with Gasteiger partial charge in [-0.3, -0.25) is 0 Å². The molecule has 1 unspecified atom stereocenters. The molecule has 6 heteroatoms. The number of hydrogen-bond acceptors (Lipinski definition) is 6. The van der Waals surface area contributed by atoms with Crippen LogP contribution < -0.4 is 5.32 Å². The molecule has 2 fully saturated rings. The molecule has 0 aliphatic carbocycles. The lowest BCUT2D eigenvalue weighted by atomic mass is 9.95. The van der Waals surface area contributed by atoms with Gasteiger partial charge in [0, 0.05) is 6.42 Å². The Balaban J connectivity index is 1.58. The Labute approximate surface area is 106 Å². The van der Waals surface area contributed by atoms with Crippen LogP contribution in [0.2, 0.25) is 0 Å². The third-order valence-corrected chi connectivity index (χ3v) is 3.51. The van der Waals surface area contributed by atoms with Crippen molar-refractivity contribution in [3.05, 3.63) is 11.7 Å². The van der Waals surface area contributed by atoms with Crippen LogP contribution in [0.5, 0.6) is 0 Å². The first kappa shape index (κ1) is 12.1. The molecule has 18 heavy (non-hydrogen) atoms. The lowest BCUT2D eigenvalue weighted by Crippen LogP contribution is -2.28. The van der Waals surface area contributed by atoms with Gasteiger partial charge in [-0.05, 0) is 31.8 Å². The topological polar surface area (TPSA) is 69.4 Å². The summed E-state index contributed by atoms with van der Waals surface area (Å²) in [5, 5.41) is 7.35. The number of rotatable bonds is 3. The summed E-state index contributed by atoms with van der Waals surface area (Å²) in [5.41, 5.74) is 0. The molecular weight excluding hydrogens is 234 g/mol. The van der Waals surface area contributed by atoms with E-state index in [4.69, 9.17) is 14.0 Å². The Kier molecular flexibility index (Phi) is 3.87. The zero-order valence-corrected chi connectivity index (χ0v) is 10.4. The van der Waals surface area contributed by atoms with Crippen molar-refractivity contribution < 1.29 is 14.0 Å². The largest absolute Gasteiger partial charge is 0.376 e. The molecule has 1 aromatic rings. The fraction of sp³-hybridized carbons (Fsp3) is 0.833. The van der Waals surface area contributed by atoms with Crippen molar-refractivity contribution in [2.45, 2.75) is 25.4 Å². The van der Waals surface area contributed by atoms with E-state index < -0.39 is 0 Å². The van der Waals surface area contributed by atoms with Gasteiger partial charge in [-0.2, -0.15) is 4.98 Å². The standard InChI is InChI=1S/C12H19N3O3/c1-3-13-4-2-9(1)7-11-14-12(15-18-11)10-8-16-5-6-17-10/h9-10,13H,1-8H2. The molecule has 0 aromatic carbocycles. The van der Waals surface area contributed by atoms with Crippen LogP contribution in [-0.2, 0) is 15.9 Å². The SMILES string of the molecule is C1CC(Cc2nc(C3COCCO3)no2)CCN1. The Morgan fingerprint density at radius 3 is 2.89 bits per heavy atom. The highest BCUT2D eigenvalue weighted by Gasteiger charge is 2.23. The summed E-state index contributed by atoms with van der Waals surface area (Å²) in [6.45, 7) is 3.95. The Hall–Kier alpha value is -0.980. The van der Waals surface area contributed by atoms with E-state index in [0.29, 0.717) is 31.6 Å². The molecule has 3 heterocycles. The molecule has 1 N–H and O–H groups in total. The Morgan fingerprint density at radius 2 is 2.11 bits per heavy atom. The predicted molar refractivity (Wildman–Crippen MR) is 63.1 cm³/mol. The van der Waals surface area contributed by atoms with Crippen molar-refractivity contribution in [2.24, 2.45) is 5.92 Å². The fourth-order valence-electron chi connectivity index (χ4n) is 2.45. The summed E-state index contributed by atoms with van der Waals surface area (Å²) in [6, 6.07) is 0. The third kappa shape index (κ3) is 2.88. The van der Waals surface area contributed by atoms with Gasteiger partial charge in [0.25, 0.3) is 0 Å². The van der Waals surface area contributed by atoms with Crippen molar-refractivity contribution in [1.82, 2.24) is 15.5 Å². The van der Waals surface area contributed by atoms with Crippen LogP contribution in [-0.4, -0.2) is 43.1 Å². The van der Waals surface area contributed by atoms with Crippen LogP contribution in [0.3, 0.4) is 0 Å². The van der Waals surface area contributed by atoms with E-state index in [2.05, 4.69) is 15.5 Å². The first-order valence-corrected chi connectivity index (χ1v) is 6.64. The molecule has 3 rings (SSSR count). The second kappa shape index (κ2) is 5.77. The molecule has 0 radical (unpaired) electrons. The maximum atomic E-state index is 5.55. The van der Waals surface area contributed by atoms with E-state index in [1.807, 2.05) is 0 Å². The lowest BCUT2D eigenvalue weighted by Gasteiger charge is -2.21. The first-order valence-electron chi connectivity index (χ1n) is 6.64. The highest BCUT2D eigenvalue weighted by atomic mass is 16.6. The van der Waals surface area contributed by atoms with Gasteiger partial charge in [0.1, 0.15) is 6.10 Å². The predicted octanol–water partition coefficient (Wildman–Crippen LogP) is 0.700. The minimum absolute atomic E-state index is 0.163. The van der Waals surface area contributed by atoms with Gasteiger partial charge >= 0.3 is 0 Å². The van der Waals surface area contributed by atoms with Crippen molar-refractivity contribution in [1.29, 1.82) is 0 Å². The van der Waals surface area contributed by atoms with Gasteiger partial charge in [0.05, 0.1) is 19.8 Å². The van der Waals surface area contributed by atoms with Gasteiger partial charge < -0.3 is 19.3 Å². The first-order chi connectivity index (χ1) is 8.92. The summed E-state index contributed by atoms with van der Waals surface area (Å²) in [5.74, 6) is 2.01. The van der Waals surface area contributed by atoms with Crippen molar-refractivity contribution in [3.63, 3.8) is 0 Å². The van der Waals surface area contributed by atoms with Gasteiger partial charge in [-0.25, -0.2) is 0 Å². The number of nitrogens with zero attached hydrogens (tertiary/aromatic N) is 2. The molecule has 0 bridgehead atoms. The number of ether oxygens (including phenoxy) is 2. The molecule has 1 atom stereocenters. The fourth-order valence-corrected chi connectivity index (χ4v) is 2.45. The van der Waals surface area contributed by atoms with Crippen LogP contribution in [0.1, 0.15) is 30.7 Å². The minimum Gasteiger partial charge on any atom is -0.376 e. The zero-order chi connectivity index (χ0) is 12.2. The minimum atomic E-state index is -0.163. The maximum absolute atomic E-state index is 5.55. The van der Waals surface area contributed by atoms with Crippen molar-refractivity contribution in [3.8, 4) is 0 Å². The maximum Gasteiger partial charge on any atom is 0.227 e. The van der Waals surface area contributed by atoms with E-state index >= 15 is 0 Å². The second-order valence-electron chi connectivity index (χ2n) is 4.88. The molecule has 0 amide bonds. The number of nitrogens with one attached hydrogen (secondary N) is 1. The summed E-state index contributed by atoms with van der Waals surface area (Å²) >= 11 is 0. The summed E-state index contributed by atoms with van der Waals surface area (Å²) in [4.78, 5) is 4.42. The highest BCUT2D eigenvalue weighted by Crippen LogP contribution is 2.21. The summed E-state index contributed by atoms with van der Waals surface area (Å²) in [6.07, 6.45) is 3.08. The third-order valence-electron chi connectivity index (χ3n) is 3.51. The van der Waals surface area contributed by atoms with Crippen LogP contribution in [0.4, 0.5) is 0 Å². The van der Waals surface area contributed by atoms with Crippen LogP contribution in [0, 0.1) is 5.92 Å². The van der Waals surface area contributed by atoms with E-state index in [0.717, 1.165) is 25.4 Å². The Morgan fingerprint density at radius 1 is 1.22 bits per heavy atom. The molecule has 2 aliphatic heterocycles. The summed E-state index contributed by atoms with van der Waals surface area (Å²) < 4.78 is 16.2. The average molecular weight is 253 g/mol. The van der Waals surface area contributed by atoms with Gasteiger partial charge in [-0.15, -0.1) is 0 Å². The monoisotopic (exact) mass is 253 g/mol. The Bertz CT molecular complexity index is 370. The molecule has 0 saturated carbocycles. The number of piperidine rings is 1. The van der Waals surface area contributed by atoms with Crippen LogP contribution in [0.15, 0.2) is 4.52 Å². The molecule has 100 valence electrons. The smallest absolute Gasteiger partial charge is 0.227 e. The van der Waals surface area contributed by atoms with E-state index in [-0.39, 0.29) is 6.10 Å². The molecule has 2 saturated heterocycles. The lowest BCUT2D eigenvalue weighted by molar-refractivity contribution is -0.0941.